The van der Waals surface area contributed by atoms with Crippen LogP contribution in [0.5, 0.6) is 0 Å². The Hall–Kier alpha value is -3.88. The summed E-state index contributed by atoms with van der Waals surface area (Å²) in [6.07, 6.45) is 1.06. The molecule has 1 atom stereocenters. The van der Waals surface area contributed by atoms with Crippen LogP contribution < -0.4 is 10.9 Å². The Kier molecular flexibility index (Phi) is 7.99. The second-order valence-electron chi connectivity index (χ2n) is 11.2. The minimum absolute atomic E-state index is 0.0308. The number of piperidine rings is 1. The summed E-state index contributed by atoms with van der Waals surface area (Å²) in [5, 5.41) is 3.98. The number of aromatic nitrogens is 2. The molecule has 1 N–H and O–H groups in total. The molecule has 1 saturated heterocycles. The van der Waals surface area contributed by atoms with Crippen LogP contribution in [0.1, 0.15) is 79.8 Å². The van der Waals surface area contributed by atoms with Crippen LogP contribution in [-0.2, 0) is 16.5 Å². The van der Waals surface area contributed by atoms with E-state index in [1.807, 2.05) is 58.9 Å². The topological polar surface area (TPSA) is 103 Å². The smallest absolute Gasteiger partial charge is 0.410 e. The number of ether oxygens (including phenoxy) is 2. The first kappa shape index (κ1) is 28.1. The minimum Gasteiger partial charge on any atom is -0.465 e. The van der Waals surface area contributed by atoms with E-state index in [0.29, 0.717) is 53.9 Å². The number of benzene rings is 2. The molecule has 2 aromatic carbocycles. The fourth-order valence-electron chi connectivity index (χ4n) is 5.12. The van der Waals surface area contributed by atoms with Gasteiger partial charge in [0.25, 0.3) is 5.56 Å². The van der Waals surface area contributed by atoms with Crippen LogP contribution in [0.4, 0.5) is 10.5 Å². The van der Waals surface area contributed by atoms with Gasteiger partial charge in [0.15, 0.2) is 0 Å². The zero-order valence-corrected chi connectivity index (χ0v) is 23.8. The van der Waals surface area contributed by atoms with Crippen LogP contribution in [-0.4, -0.2) is 52.3 Å². The maximum absolute atomic E-state index is 13.5. The van der Waals surface area contributed by atoms with Crippen molar-refractivity contribution >= 4 is 28.7 Å². The average Bonchev–Trinajstić information content (AvgIpc) is 2.89. The number of amides is 1. The highest BCUT2D eigenvalue weighted by Gasteiger charge is 2.30. The second-order valence-corrected chi connectivity index (χ2v) is 11.2. The van der Waals surface area contributed by atoms with E-state index in [-0.39, 0.29) is 23.6 Å². The van der Waals surface area contributed by atoms with Crippen molar-refractivity contribution < 1.29 is 19.1 Å². The summed E-state index contributed by atoms with van der Waals surface area (Å²) in [5.74, 6) is 0.318. The maximum Gasteiger partial charge on any atom is 0.410 e. The maximum atomic E-state index is 13.5. The van der Waals surface area contributed by atoms with E-state index in [2.05, 4.69) is 5.32 Å². The molecule has 208 valence electrons. The van der Waals surface area contributed by atoms with Crippen LogP contribution in [0.3, 0.4) is 0 Å². The van der Waals surface area contributed by atoms with Gasteiger partial charge >= 0.3 is 12.1 Å². The predicted molar refractivity (Wildman–Crippen MR) is 151 cm³/mol. The number of nitrogens with zero attached hydrogens (tertiary/aromatic N) is 3. The Labute approximate surface area is 229 Å². The molecule has 2 heterocycles. The van der Waals surface area contributed by atoms with E-state index in [4.69, 9.17) is 14.5 Å². The van der Waals surface area contributed by atoms with E-state index in [1.165, 1.54) is 7.11 Å². The van der Waals surface area contributed by atoms with Gasteiger partial charge in [0, 0.05) is 37.3 Å². The molecule has 0 saturated carbocycles. The van der Waals surface area contributed by atoms with Gasteiger partial charge in [-0.15, -0.1) is 0 Å². The summed E-state index contributed by atoms with van der Waals surface area (Å²) >= 11 is 0. The normalized spacial score (nSPS) is 15.2. The van der Waals surface area contributed by atoms with Crippen molar-refractivity contribution in [3.8, 4) is 0 Å². The average molecular weight is 535 g/mol. The van der Waals surface area contributed by atoms with E-state index < -0.39 is 11.6 Å². The van der Waals surface area contributed by atoms with Gasteiger partial charge in [-0.1, -0.05) is 18.2 Å². The molecule has 39 heavy (non-hydrogen) atoms. The first-order valence-corrected chi connectivity index (χ1v) is 13.3. The Morgan fingerprint density at radius 2 is 1.79 bits per heavy atom. The molecule has 9 heteroatoms. The van der Waals surface area contributed by atoms with Crippen molar-refractivity contribution in [1.82, 2.24) is 14.5 Å². The van der Waals surface area contributed by atoms with Crippen molar-refractivity contribution in [1.29, 1.82) is 0 Å². The third-order valence-corrected chi connectivity index (χ3v) is 7.07. The number of anilines is 1. The van der Waals surface area contributed by atoms with Gasteiger partial charge in [0.1, 0.15) is 11.4 Å². The largest absolute Gasteiger partial charge is 0.465 e. The standard InChI is InChI=1S/C30H38N4O5/c1-18-16-22(19(2)31-24-11-9-8-10-21(24)28(36)38-7)25-23(17-18)27(35)33(6)26(32-25)20-12-14-34(15-13-20)29(37)39-30(3,4)5/h8-11,16-17,19-20,31H,12-15H2,1-7H3. The lowest BCUT2D eigenvalue weighted by molar-refractivity contribution is 0.0202. The monoisotopic (exact) mass is 534 g/mol. The third-order valence-electron chi connectivity index (χ3n) is 7.07. The Balaban J connectivity index is 1.67. The van der Waals surface area contributed by atoms with E-state index >= 15 is 0 Å². The van der Waals surface area contributed by atoms with Crippen LogP contribution in [0.15, 0.2) is 41.2 Å². The van der Waals surface area contributed by atoms with E-state index in [1.54, 1.807) is 28.6 Å². The molecule has 4 rings (SSSR count). The summed E-state index contributed by atoms with van der Waals surface area (Å²) in [7, 11) is 3.12. The Morgan fingerprint density at radius 1 is 1.13 bits per heavy atom. The van der Waals surface area contributed by atoms with Crippen molar-refractivity contribution in [2.45, 2.75) is 65.0 Å². The Bertz CT molecular complexity index is 1450. The first-order chi connectivity index (χ1) is 18.4. The number of carbonyl (C=O) groups is 2. The molecule has 0 bridgehead atoms. The summed E-state index contributed by atoms with van der Waals surface area (Å²) < 4.78 is 12.1. The molecule has 9 nitrogen and oxygen atoms in total. The molecular weight excluding hydrogens is 496 g/mol. The number of methoxy groups -OCH3 is 1. The SMILES string of the molecule is COC(=O)c1ccccc1NC(C)c1cc(C)cc2c(=O)n(C)c(C3CCN(C(=O)OC(C)(C)C)CC3)nc12. The van der Waals surface area contributed by atoms with Crippen LogP contribution in [0.2, 0.25) is 0 Å². The molecule has 3 aromatic rings. The zero-order chi connectivity index (χ0) is 28.5. The van der Waals surface area contributed by atoms with Gasteiger partial charge in [0.2, 0.25) is 0 Å². The molecule has 0 radical (unpaired) electrons. The molecular formula is C30H38N4O5. The quantitative estimate of drug-likeness (QED) is 0.442. The Morgan fingerprint density at radius 3 is 2.44 bits per heavy atom. The van der Waals surface area contributed by atoms with Crippen LogP contribution in [0, 0.1) is 6.92 Å². The molecule has 1 aliphatic rings. The molecule has 1 aromatic heterocycles. The van der Waals surface area contributed by atoms with Crippen LogP contribution >= 0.6 is 0 Å². The lowest BCUT2D eigenvalue weighted by Gasteiger charge is -2.33. The van der Waals surface area contributed by atoms with Gasteiger partial charge in [0.05, 0.1) is 29.6 Å². The predicted octanol–water partition coefficient (Wildman–Crippen LogP) is 5.32. The molecule has 0 spiro atoms. The second kappa shape index (κ2) is 11.1. The number of likely N-dealkylation sites (tertiary alicyclic amines) is 1. The summed E-state index contributed by atoms with van der Waals surface area (Å²) in [6, 6.07) is 10.8. The molecule has 1 amide bonds. The number of fused-ring (bicyclic) bond motifs is 1. The lowest BCUT2D eigenvalue weighted by atomic mass is 9.95. The number of aryl methyl sites for hydroxylation is 1. The van der Waals surface area contributed by atoms with Gasteiger partial charge in [-0.3, -0.25) is 9.36 Å². The minimum atomic E-state index is -0.547. The molecule has 0 aliphatic carbocycles. The van der Waals surface area contributed by atoms with Crippen LogP contribution in [0.25, 0.3) is 10.9 Å². The zero-order valence-electron chi connectivity index (χ0n) is 23.8. The summed E-state index contributed by atoms with van der Waals surface area (Å²) in [6.45, 7) is 10.6. The third kappa shape index (κ3) is 6.08. The molecule has 1 unspecified atom stereocenters. The molecule has 1 fully saturated rings. The van der Waals surface area contributed by atoms with Gasteiger partial charge < -0.3 is 19.7 Å². The highest BCUT2D eigenvalue weighted by molar-refractivity contribution is 5.95. The van der Waals surface area contributed by atoms with E-state index in [9.17, 15) is 14.4 Å². The van der Waals surface area contributed by atoms with E-state index in [0.717, 1.165) is 11.1 Å². The number of hydrogen-bond acceptors (Lipinski definition) is 7. The number of esters is 1. The lowest BCUT2D eigenvalue weighted by Crippen LogP contribution is -2.42. The summed E-state index contributed by atoms with van der Waals surface area (Å²) in [5.41, 5.74) is 2.89. The first-order valence-electron chi connectivity index (χ1n) is 13.3. The molecule has 1 aliphatic heterocycles. The number of para-hydroxylation sites is 1. The highest BCUT2D eigenvalue weighted by atomic mass is 16.6. The number of hydrogen-bond donors (Lipinski definition) is 1. The number of rotatable bonds is 5. The van der Waals surface area contributed by atoms with Gasteiger partial charge in [-0.25, -0.2) is 14.6 Å². The van der Waals surface area contributed by atoms with Crippen molar-refractivity contribution in [2.24, 2.45) is 7.05 Å². The van der Waals surface area contributed by atoms with Gasteiger partial charge in [-0.05, 0) is 71.2 Å². The van der Waals surface area contributed by atoms with Gasteiger partial charge in [-0.2, -0.15) is 0 Å². The highest BCUT2D eigenvalue weighted by Crippen LogP contribution is 2.31. The van der Waals surface area contributed by atoms with Crippen molar-refractivity contribution in [2.75, 3.05) is 25.5 Å². The summed E-state index contributed by atoms with van der Waals surface area (Å²) in [4.78, 5) is 45.2. The fourth-order valence-corrected chi connectivity index (χ4v) is 5.12. The van der Waals surface area contributed by atoms with Crippen molar-refractivity contribution in [3.05, 3.63) is 69.3 Å². The van der Waals surface area contributed by atoms with Crippen molar-refractivity contribution in [3.63, 3.8) is 0 Å². The number of nitrogens with one attached hydrogen (secondary N) is 1. The number of carbonyl (C=O) groups excluding carboxylic acids is 2. The fraction of sp³-hybridized carbons (Fsp3) is 0.467.